The van der Waals surface area contributed by atoms with Crippen molar-refractivity contribution in [3.63, 3.8) is 0 Å². The molecule has 3 aliphatic rings. The smallest absolute Gasteiger partial charge is 0.243 e. The van der Waals surface area contributed by atoms with Crippen molar-refractivity contribution in [2.24, 2.45) is 5.92 Å². The minimum absolute atomic E-state index is 0.232. The summed E-state index contributed by atoms with van der Waals surface area (Å²) >= 11 is 0. The standard InChI is InChI=1S/C17H30N2O2/c1-3-17(2)16(20)19(12-14-10-6-7-11-21-14)15(18-17)13-8-4-5-9-13/h13-15,18H,3-12H2,1-2H3. The van der Waals surface area contributed by atoms with Crippen LogP contribution in [-0.4, -0.2) is 41.8 Å². The van der Waals surface area contributed by atoms with Crippen molar-refractivity contribution in [2.75, 3.05) is 13.2 Å². The molecule has 0 aromatic heterocycles. The van der Waals surface area contributed by atoms with E-state index in [2.05, 4.69) is 24.1 Å². The lowest BCUT2D eigenvalue weighted by Gasteiger charge is -2.33. The Balaban J connectivity index is 1.73. The normalized spacial score (nSPS) is 38.4. The first-order valence-corrected chi connectivity index (χ1v) is 8.84. The third-order valence-corrected chi connectivity index (χ3v) is 5.76. The lowest BCUT2D eigenvalue weighted by atomic mass is 9.99. The highest BCUT2D eigenvalue weighted by Crippen LogP contribution is 2.35. The van der Waals surface area contributed by atoms with Crippen LogP contribution in [0.15, 0.2) is 0 Å². The summed E-state index contributed by atoms with van der Waals surface area (Å²) in [4.78, 5) is 15.0. The molecule has 3 unspecified atom stereocenters. The van der Waals surface area contributed by atoms with Gasteiger partial charge in [-0.1, -0.05) is 19.8 Å². The molecule has 21 heavy (non-hydrogen) atoms. The van der Waals surface area contributed by atoms with Crippen molar-refractivity contribution < 1.29 is 9.53 Å². The van der Waals surface area contributed by atoms with Crippen molar-refractivity contribution >= 4 is 5.91 Å². The van der Waals surface area contributed by atoms with Crippen molar-refractivity contribution in [1.82, 2.24) is 10.2 Å². The van der Waals surface area contributed by atoms with Gasteiger partial charge in [0, 0.05) is 13.2 Å². The summed E-state index contributed by atoms with van der Waals surface area (Å²) in [6.45, 7) is 5.82. The predicted molar refractivity (Wildman–Crippen MR) is 82.9 cm³/mol. The molecule has 3 fully saturated rings. The zero-order chi connectivity index (χ0) is 14.9. The van der Waals surface area contributed by atoms with E-state index in [9.17, 15) is 4.79 Å². The minimum atomic E-state index is -0.373. The Bertz CT molecular complexity index is 375. The van der Waals surface area contributed by atoms with E-state index >= 15 is 0 Å². The summed E-state index contributed by atoms with van der Waals surface area (Å²) < 4.78 is 5.88. The van der Waals surface area contributed by atoms with E-state index in [-0.39, 0.29) is 23.7 Å². The van der Waals surface area contributed by atoms with Gasteiger partial charge in [0.05, 0.1) is 17.8 Å². The predicted octanol–water partition coefficient (Wildman–Crippen LogP) is 2.67. The second-order valence-corrected chi connectivity index (χ2v) is 7.27. The fourth-order valence-corrected chi connectivity index (χ4v) is 4.18. The highest BCUT2D eigenvalue weighted by atomic mass is 16.5. The van der Waals surface area contributed by atoms with Gasteiger partial charge in [0.15, 0.2) is 0 Å². The van der Waals surface area contributed by atoms with Crippen LogP contribution in [-0.2, 0) is 9.53 Å². The zero-order valence-corrected chi connectivity index (χ0v) is 13.6. The Hall–Kier alpha value is -0.610. The molecule has 2 aliphatic heterocycles. The topological polar surface area (TPSA) is 41.6 Å². The summed E-state index contributed by atoms with van der Waals surface area (Å²) in [6, 6.07) is 0. The lowest BCUT2D eigenvalue weighted by molar-refractivity contribution is -0.136. The average Bonchev–Trinajstić information content (AvgIpc) is 3.11. The van der Waals surface area contributed by atoms with Crippen molar-refractivity contribution in [3.8, 4) is 0 Å². The van der Waals surface area contributed by atoms with Gasteiger partial charge in [-0.15, -0.1) is 0 Å². The molecule has 1 N–H and O–H groups in total. The van der Waals surface area contributed by atoms with E-state index in [0.717, 1.165) is 26.0 Å². The van der Waals surface area contributed by atoms with Gasteiger partial charge in [0.25, 0.3) is 0 Å². The quantitative estimate of drug-likeness (QED) is 0.867. The molecule has 0 aromatic rings. The van der Waals surface area contributed by atoms with Crippen LogP contribution in [0.2, 0.25) is 0 Å². The number of hydrogen-bond donors (Lipinski definition) is 1. The summed E-state index contributed by atoms with van der Waals surface area (Å²) in [6.07, 6.45) is 9.98. The maximum atomic E-state index is 12.9. The molecule has 0 aromatic carbocycles. The molecule has 3 atom stereocenters. The number of nitrogens with zero attached hydrogens (tertiary/aromatic N) is 1. The summed E-state index contributed by atoms with van der Waals surface area (Å²) in [5, 5.41) is 3.67. The number of ether oxygens (including phenoxy) is 1. The van der Waals surface area contributed by atoms with Crippen LogP contribution in [0, 0.1) is 5.92 Å². The van der Waals surface area contributed by atoms with Gasteiger partial charge < -0.3 is 9.64 Å². The number of carbonyl (C=O) groups is 1. The maximum Gasteiger partial charge on any atom is 0.243 e. The van der Waals surface area contributed by atoms with Crippen molar-refractivity contribution in [1.29, 1.82) is 0 Å². The van der Waals surface area contributed by atoms with E-state index < -0.39 is 0 Å². The summed E-state index contributed by atoms with van der Waals surface area (Å²) in [5.41, 5.74) is -0.373. The molecular formula is C17H30N2O2. The third kappa shape index (κ3) is 2.98. The molecule has 0 radical (unpaired) electrons. The first-order valence-electron chi connectivity index (χ1n) is 8.84. The molecule has 0 bridgehead atoms. The fourth-order valence-electron chi connectivity index (χ4n) is 4.18. The summed E-state index contributed by atoms with van der Waals surface area (Å²) in [5.74, 6) is 0.919. The van der Waals surface area contributed by atoms with E-state index in [0.29, 0.717) is 5.92 Å². The van der Waals surface area contributed by atoms with E-state index in [1.165, 1.54) is 38.5 Å². The minimum Gasteiger partial charge on any atom is -0.376 e. The van der Waals surface area contributed by atoms with Crippen LogP contribution in [0.25, 0.3) is 0 Å². The molecule has 120 valence electrons. The molecular weight excluding hydrogens is 264 g/mol. The number of nitrogens with one attached hydrogen (secondary N) is 1. The van der Waals surface area contributed by atoms with Gasteiger partial charge >= 0.3 is 0 Å². The first kappa shape index (κ1) is 15.3. The molecule has 2 heterocycles. The lowest BCUT2D eigenvalue weighted by Crippen LogP contribution is -2.47. The van der Waals surface area contributed by atoms with E-state index in [4.69, 9.17) is 4.74 Å². The number of carbonyl (C=O) groups excluding carboxylic acids is 1. The van der Waals surface area contributed by atoms with Gasteiger partial charge in [-0.25, -0.2) is 0 Å². The van der Waals surface area contributed by atoms with Crippen LogP contribution in [0.4, 0.5) is 0 Å². The molecule has 1 saturated carbocycles. The van der Waals surface area contributed by atoms with Crippen LogP contribution in [0.5, 0.6) is 0 Å². The number of rotatable bonds is 4. The fraction of sp³-hybridized carbons (Fsp3) is 0.941. The van der Waals surface area contributed by atoms with Gasteiger partial charge in [0.2, 0.25) is 5.91 Å². The van der Waals surface area contributed by atoms with Crippen molar-refractivity contribution in [2.45, 2.75) is 83.0 Å². The monoisotopic (exact) mass is 294 g/mol. The average molecular weight is 294 g/mol. The Kier molecular flexibility index (Phi) is 4.55. The largest absolute Gasteiger partial charge is 0.376 e. The van der Waals surface area contributed by atoms with E-state index in [1.54, 1.807) is 0 Å². The number of amides is 1. The van der Waals surface area contributed by atoms with Gasteiger partial charge in [-0.05, 0) is 51.4 Å². The first-order chi connectivity index (χ1) is 10.1. The molecule has 0 spiro atoms. The molecule has 1 aliphatic carbocycles. The second-order valence-electron chi connectivity index (χ2n) is 7.27. The maximum absolute atomic E-state index is 12.9. The van der Waals surface area contributed by atoms with Crippen LogP contribution >= 0.6 is 0 Å². The summed E-state index contributed by atoms with van der Waals surface area (Å²) in [7, 11) is 0. The Labute approximate surface area is 128 Å². The highest BCUT2D eigenvalue weighted by molar-refractivity contribution is 5.88. The second kappa shape index (κ2) is 6.25. The third-order valence-electron chi connectivity index (χ3n) is 5.76. The Morgan fingerprint density at radius 2 is 1.95 bits per heavy atom. The molecule has 3 rings (SSSR count). The highest BCUT2D eigenvalue weighted by Gasteiger charge is 2.49. The molecule has 4 nitrogen and oxygen atoms in total. The molecule has 2 saturated heterocycles. The van der Waals surface area contributed by atoms with Crippen LogP contribution in [0.1, 0.15) is 65.2 Å². The number of hydrogen-bond acceptors (Lipinski definition) is 3. The SMILES string of the molecule is CCC1(C)NC(C2CCCC2)N(CC2CCCCO2)C1=O. The van der Waals surface area contributed by atoms with Gasteiger partial charge in [-0.3, -0.25) is 10.1 Å². The van der Waals surface area contributed by atoms with Crippen LogP contribution < -0.4 is 5.32 Å². The molecule has 1 amide bonds. The zero-order valence-electron chi connectivity index (χ0n) is 13.6. The van der Waals surface area contributed by atoms with Crippen LogP contribution in [0.3, 0.4) is 0 Å². The Morgan fingerprint density at radius 3 is 2.57 bits per heavy atom. The van der Waals surface area contributed by atoms with Crippen molar-refractivity contribution in [3.05, 3.63) is 0 Å². The van der Waals surface area contributed by atoms with E-state index in [1.807, 2.05) is 0 Å². The Morgan fingerprint density at radius 1 is 1.24 bits per heavy atom. The van der Waals surface area contributed by atoms with Gasteiger partial charge in [-0.2, -0.15) is 0 Å². The molecule has 4 heteroatoms. The van der Waals surface area contributed by atoms with Gasteiger partial charge in [0.1, 0.15) is 0 Å².